The van der Waals surface area contributed by atoms with Crippen molar-refractivity contribution in [3.8, 4) is 0 Å². The second-order valence-electron chi connectivity index (χ2n) is 0. The van der Waals surface area contributed by atoms with Crippen LogP contribution in [0, 0.1) is 0 Å². The van der Waals surface area contributed by atoms with Gasteiger partial charge in [0, 0.05) is 34.1 Å². The van der Waals surface area contributed by atoms with Crippen molar-refractivity contribution in [1.82, 2.24) is 0 Å². The van der Waals surface area contributed by atoms with Crippen molar-refractivity contribution in [3.63, 3.8) is 0 Å². The summed E-state index contributed by atoms with van der Waals surface area (Å²) in [7, 11) is 0. The second kappa shape index (κ2) is 33.5. The number of hydrogen-bond donors (Lipinski definition) is 0. The Morgan fingerprint density at radius 1 is 1.00 bits per heavy atom. The van der Waals surface area contributed by atoms with Gasteiger partial charge in [-0.25, -0.2) is 0 Å². The fraction of sp³-hybridized carbons (Fsp3) is 0. The molecule has 0 aliphatic carbocycles. The van der Waals surface area contributed by atoms with Crippen molar-refractivity contribution in [2.24, 2.45) is 0 Å². The average molecular weight is 354 g/mol. The van der Waals surface area contributed by atoms with Crippen LogP contribution in [0.1, 0.15) is 0 Å². The van der Waals surface area contributed by atoms with Gasteiger partial charge in [0.05, 0.1) is 0 Å². The molecule has 0 saturated carbocycles. The van der Waals surface area contributed by atoms with Gasteiger partial charge in [-0.2, -0.15) is 0 Å². The molecule has 0 atom stereocenters. The van der Waals surface area contributed by atoms with Crippen LogP contribution in [0.25, 0.3) is 0 Å². The molecule has 0 N–H and O–H groups in total. The van der Waals surface area contributed by atoms with Gasteiger partial charge in [-0.15, -0.1) is 0 Å². The van der Waals surface area contributed by atoms with E-state index in [1.54, 1.807) is 0 Å². The van der Waals surface area contributed by atoms with Crippen molar-refractivity contribution in [1.29, 1.82) is 0 Å². The van der Waals surface area contributed by atoms with E-state index in [0.29, 0.717) is 0 Å². The fourth-order valence-corrected chi connectivity index (χ4v) is 0. The van der Waals surface area contributed by atoms with Crippen molar-refractivity contribution < 1.29 is 34.1 Å². The van der Waals surface area contributed by atoms with E-state index >= 15 is 0 Å². The molecule has 0 aliphatic rings. The van der Waals surface area contributed by atoms with Crippen LogP contribution in [0.5, 0.6) is 0 Å². The van der Waals surface area contributed by atoms with Gasteiger partial charge in [0.2, 0.25) is 0 Å². The van der Waals surface area contributed by atoms with Crippen LogP contribution >= 0.6 is 0 Å². The first-order valence-corrected chi connectivity index (χ1v) is 0. The Balaban J connectivity index is 0. The zero-order valence-corrected chi connectivity index (χ0v) is 3.02. The Bertz CT molecular complexity index is 15.5. The standard InChI is InChI=1S/Al.Ba.Ca.Fe.Mn.H4Si.7H/h;;;;;1H4;;;;;;;. The third kappa shape index (κ3) is 23.5. The van der Waals surface area contributed by atoms with Gasteiger partial charge < -0.3 is 0 Å². The summed E-state index contributed by atoms with van der Waals surface area (Å²) in [6.45, 7) is 0. The molecule has 37 valence electrons. The van der Waals surface area contributed by atoms with Crippen LogP contribution in [-0.4, -0.2) is 115 Å². The predicted molar refractivity (Wildman–Crippen MR) is 38.4 cm³/mol. The molecule has 0 rings (SSSR count). The molecule has 0 fully saturated rings. The summed E-state index contributed by atoms with van der Waals surface area (Å²) in [5, 5.41) is 0. The third-order valence-electron chi connectivity index (χ3n) is 0. The number of rotatable bonds is 0. The minimum Gasteiger partial charge on any atom is -0.0149 e. The maximum atomic E-state index is 0. The molecule has 0 bridgehead atoms. The Morgan fingerprint density at radius 3 is 1.00 bits per heavy atom. The van der Waals surface area contributed by atoms with Crippen LogP contribution < -0.4 is 0 Å². The summed E-state index contributed by atoms with van der Waals surface area (Å²) in [6, 6.07) is 0. The van der Waals surface area contributed by atoms with E-state index in [2.05, 4.69) is 0 Å². The molecule has 0 aromatic rings. The number of hydrogen-bond acceptors (Lipinski definition) is 0. The topological polar surface area (TPSA) is 0 Å². The summed E-state index contributed by atoms with van der Waals surface area (Å²) in [4.78, 5) is 0. The third-order valence-corrected chi connectivity index (χ3v) is 0. The van der Waals surface area contributed by atoms with E-state index in [1.165, 1.54) is 0 Å². The van der Waals surface area contributed by atoms with Crippen LogP contribution in [0.2, 0.25) is 0 Å². The van der Waals surface area contributed by atoms with Crippen LogP contribution in [0.4, 0.5) is 0 Å². The van der Waals surface area contributed by atoms with E-state index < -0.39 is 0 Å². The maximum absolute atomic E-state index is 0. The van der Waals surface area contributed by atoms with Gasteiger partial charge >= 0.3 is 86.6 Å². The molecule has 0 aromatic carbocycles. The molecule has 0 amide bonds. The quantitative estimate of drug-likeness (QED) is 0.385. The van der Waals surface area contributed by atoms with Crippen molar-refractivity contribution >= 4 is 115 Å². The summed E-state index contributed by atoms with van der Waals surface area (Å²) < 4.78 is 0. The first-order valence-electron chi connectivity index (χ1n) is 0. The Hall–Kier alpha value is 4.62. The van der Waals surface area contributed by atoms with E-state index in [4.69, 9.17) is 0 Å². The zero-order chi connectivity index (χ0) is 0. The van der Waals surface area contributed by atoms with E-state index in [0.717, 1.165) is 0 Å². The molecule has 0 aliphatic heterocycles. The first-order chi connectivity index (χ1) is 0. The smallest absolute Gasteiger partial charge is 0 e. The second-order valence-corrected chi connectivity index (χ2v) is 0. The zero-order valence-electron chi connectivity index (χ0n) is 0.732. The van der Waals surface area contributed by atoms with Crippen molar-refractivity contribution in [2.75, 3.05) is 0 Å². The monoisotopic (exact) mass is 355 g/mol. The molecule has 0 spiro atoms. The molecule has 1 radical (unpaired) electrons. The molecule has 0 unspecified atom stereocenters. The largest absolute Gasteiger partial charge is 0.0149 e. The average Bonchev–Trinajstić information content (AvgIpc) is 0. The van der Waals surface area contributed by atoms with Gasteiger partial charge in [-0.3, -0.25) is 0 Å². The normalized spacial score (nSPS) is 0. The van der Waals surface area contributed by atoms with Gasteiger partial charge in [0.25, 0.3) is 0 Å². The minimum absolute atomic E-state index is 0. The molecular formula is H11AlBaCaFeMnSi. The molecule has 6 heteroatoms. The minimum atomic E-state index is 0. The molecule has 0 heterocycles. The van der Waals surface area contributed by atoms with E-state index in [-0.39, 0.29) is 149 Å². The van der Waals surface area contributed by atoms with Gasteiger partial charge in [-0.1, -0.05) is 0 Å². The Kier molecular flexibility index (Phi) is 257. The van der Waals surface area contributed by atoms with Crippen molar-refractivity contribution in [3.05, 3.63) is 0 Å². The fourth-order valence-electron chi connectivity index (χ4n) is 0. The van der Waals surface area contributed by atoms with Crippen LogP contribution in [0.3, 0.4) is 0 Å². The molecule has 0 nitrogen and oxygen atoms in total. The Morgan fingerprint density at radius 2 is 1.00 bits per heavy atom. The first kappa shape index (κ1) is 46.0. The summed E-state index contributed by atoms with van der Waals surface area (Å²) in [5.41, 5.74) is 0. The molecule has 0 saturated heterocycles. The van der Waals surface area contributed by atoms with E-state index in [9.17, 15) is 0 Å². The molecule has 6 heavy (non-hydrogen) atoms. The maximum Gasteiger partial charge on any atom is 0 e. The summed E-state index contributed by atoms with van der Waals surface area (Å²) in [6.07, 6.45) is 0. The predicted octanol–water partition coefficient (Wildman–Crippen LogP) is -4.47. The molecule has 0 aromatic heterocycles. The van der Waals surface area contributed by atoms with Crippen LogP contribution in [-0.2, 0) is 34.1 Å². The molecular weight excluding hydrogens is 343 g/mol. The van der Waals surface area contributed by atoms with Gasteiger partial charge in [-0.05, 0) is 11.0 Å². The van der Waals surface area contributed by atoms with Gasteiger partial charge in [0.15, 0.2) is 17.4 Å². The Labute approximate surface area is 145 Å². The van der Waals surface area contributed by atoms with E-state index in [1.807, 2.05) is 0 Å². The van der Waals surface area contributed by atoms with Gasteiger partial charge in [0.1, 0.15) is 0 Å². The summed E-state index contributed by atoms with van der Waals surface area (Å²) >= 11 is 0. The van der Waals surface area contributed by atoms with Crippen molar-refractivity contribution in [2.45, 2.75) is 0 Å². The van der Waals surface area contributed by atoms with Crippen LogP contribution in [0.15, 0.2) is 0 Å². The summed E-state index contributed by atoms with van der Waals surface area (Å²) in [5.74, 6) is 0. The SMILES string of the molecule is [AlH3].[BaH2].[CaH2].[Fe].[Mn].[SiH4].